The summed E-state index contributed by atoms with van der Waals surface area (Å²) in [6.07, 6.45) is 1.78. The zero-order valence-corrected chi connectivity index (χ0v) is 12.1. The number of nitrogens with zero attached hydrogens (tertiary/aromatic N) is 1. The quantitative estimate of drug-likeness (QED) is 0.858. The largest absolute Gasteiger partial charge is 0.396 e. The van der Waals surface area contributed by atoms with Gasteiger partial charge in [0.1, 0.15) is 5.82 Å². The minimum absolute atomic E-state index is 0.0540. The van der Waals surface area contributed by atoms with Gasteiger partial charge in [0, 0.05) is 19.2 Å². The van der Waals surface area contributed by atoms with Crippen molar-refractivity contribution in [1.82, 2.24) is 4.90 Å². The number of aryl methyl sites for hydroxylation is 1. The highest BCUT2D eigenvalue weighted by molar-refractivity contribution is 5.94. The number of nitrogens with two attached hydrogens (primary N) is 1. The second-order valence-electron chi connectivity index (χ2n) is 5.05. The molecule has 110 valence electrons. The Balaban J connectivity index is 1.89. The van der Waals surface area contributed by atoms with Crippen molar-refractivity contribution in [2.45, 2.75) is 12.8 Å². The van der Waals surface area contributed by atoms with Gasteiger partial charge in [0.05, 0.1) is 5.69 Å². The molecule has 2 rings (SSSR count). The molecule has 0 aliphatic heterocycles. The first-order valence-electron chi connectivity index (χ1n) is 6.92. The molecule has 0 saturated carbocycles. The summed E-state index contributed by atoms with van der Waals surface area (Å²) in [5.74, 6) is -0.750. The fraction of sp³-hybridized carbons (Fsp3) is 0.235. The van der Waals surface area contributed by atoms with E-state index in [-0.39, 0.29) is 11.6 Å². The summed E-state index contributed by atoms with van der Waals surface area (Å²) in [5, 5.41) is 0. The van der Waals surface area contributed by atoms with Crippen LogP contribution in [0.4, 0.5) is 10.1 Å². The van der Waals surface area contributed by atoms with Crippen molar-refractivity contribution in [2.75, 3.05) is 19.3 Å². The molecular weight excluding hydrogens is 267 g/mol. The lowest BCUT2D eigenvalue weighted by Gasteiger charge is -2.17. The second-order valence-corrected chi connectivity index (χ2v) is 5.05. The van der Waals surface area contributed by atoms with Gasteiger partial charge < -0.3 is 10.6 Å². The minimum Gasteiger partial charge on any atom is -0.396 e. The Kier molecular flexibility index (Phi) is 4.93. The van der Waals surface area contributed by atoms with E-state index in [9.17, 15) is 9.18 Å². The highest BCUT2D eigenvalue weighted by Crippen LogP contribution is 2.13. The van der Waals surface area contributed by atoms with Crippen LogP contribution in [0.5, 0.6) is 0 Å². The lowest BCUT2D eigenvalue weighted by atomic mass is 10.1. The lowest BCUT2D eigenvalue weighted by Crippen LogP contribution is -2.28. The van der Waals surface area contributed by atoms with Crippen LogP contribution >= 0.6 is 0 Å². The predicted octanol–water partition coefficient (Wildman–Crippen LogP) is 3.11. The molecule has 0 radical (unpaired) electrons. The smallest absolute Gasteiger partial charge is 0.253 e. The van der Waals surface area contributed by atoms with Crippen LogP contribution in [0.3, 0.4) is 0 Å². The zero-order chi connectivity index (χ0) is 15.2. The Morgan fingerprint density at radius 2 is 1.90 bits per heavy atom. The van der Waals surface area contributed by atoms with Gasteiger partial charge in [-0.3, -0.25) is 4.79 Å². The molecule has 21 heavy (non-hydrogen) atoms. The standard InChI is InChI=1S/C17H19FN2O/c1-20(11-5-8-13-6-3-2-4-7-13)17(21)14-9-10-16(19)15(18)12-14/h2-4,6-7,9-10,12H,5,8,11,19H2,1H3. The first-order chi connectivity index (χ1) is 10.1. The van der Waals surface area contributed by atoms with E-state index in [1.165, 1.54) is 17.7 Å². The van der Waals surface area contributed by atoms with Crippen LogP contribution in [0.15, 0.2) is 48.5 Å². The predicted molar refractivity (Wildman–Crippen MR) is 82.5 cm³/mol. The molecule has 3 nitrogen and oxygen atoms in total. The summed E-state index contributed by atoms with van der Waals surface area (Å²) < 4.78 is 13.4. The fourth-order valence-electron chi connectivity index (χ4n) is 2.15. The summed E-state index contributed by atoms with van der Waals surface area (Å²) in [5.41, 5.74) is 7.03. The van der Waals surface area contributed by atoms with Crippen LogP contribution in [0, 0.1) is 5.82 Å². The second kappa shape index (κ2) is 6.88. The monoisotopic (exact) mass is 286 g/mol. The SMILES string of the molecule is CN(CCCc1ccccc1)C(=O)c1ccc(N)c(F)c1. The van der Waals surface area contributed by atoms with Gasteiger partial charge in [-0.1, -0.05) is 30.3 Å². The van der Waals surface area contributed by atoms with Gasteiger partial charge in [0.2, 0.25) is 0 Å². The molecule has 0 aliphatic rings. The first-order valence-corrected chi connectivity index (χ1v) is 6.92. The van der Waals surface area contributed by atoms with Gasteiger partial charge in [-0.15, -0.1) is 0 Å². The molecule has 0 bridgehead atoms. The fourth-order valence-corrected chi connectivity index (χ4v) is 2.15. The third kappa shape index (κ3) is 4.05. The Morgan fingerprint density at radius 1 is 1.19 bits per heavy atom. The average Bonchev–Trinajstić information content (AvgIpc) is 2.50. The number of rotatable bonds is 5. The maximum Gasteiger partial charge on any atom is 0.253 e. The van der Waals surface area contributed by atoms with Crippen molar-refractivity contribution in [2.24, 2.45) is 0 Å². The third-order valence-electron chi connectivity index (χ3n) is 3.40. The van der Waals surface area contributed by atoms with E-state index in [2.05, 4.69) is 12.1 Å². The highest BCUT2D eigenvalue weighted by Gasteiger charge is 2.13. The van der Waals surface area contributed by atoms with Crippen LogP contribution in [0.1, 0.15) is 22.3 Å². The van der Waals surface area contributed by atoms with E-state index < -0.39 is 5.82 Å². The van der Waals surface area contributed by atoms with Crippen LogP contribution in [0.25, 0.3) is 0 Å². The van der Waals surface area contributed by atoms with Gasteiger partial charge in [0.15, 0.2) is 0 Å². The normalized spacial score (nSPS) is 10.4. The first kappa shape index (κ1) is 15.0. The lowest BCUT2D eigenvalue weighted by molar-refractivity contribution is 0.0793. The Morgan fingerprint density at radius 3 is 2.57 bits per heavy atom. The number of amides is 1. The molecule has 2 N–H and O–H groups in total. The van der Waals surface area contributed by atoms with Gasteiger partial charge >= 0.3 is 0 Å². The van der Waals surface area contributed by atoms with Gasteiger partial charge in [-0.05, 0) is 36.6 Å². The topological polar surface area (TPSA) is 46.3 Å². The van der Waals surface area contributed by atoms with Crippen molar-refractivity contribution in [3.63, 3.8) is 0 Å². The summed E-state index contributed by atoms with van der Waals surface area (Å²) in [7, 11) is 1.72. The van der Waals surface area contributed by atoms with E-state index >= 15 is 0 Å². The van der Waals surface area contributed by atoms with Crippen molar-refractivity contribution in [3.05, 3.63) is 65.5 Å². The Bertz CT molecular complexity index is 613. The molecule has 4 heteroatoms. The number of nitrogen functional groups attached to an aromatic ring is 1. The minimum atomic E-state index is -0.557. The van der Waals surface area contributed by atoms with Gasteiger partial charge in [-0.25, -0.2) is 4.39 Å². The van der Waals surface area contributed by atoms with E-state index in [0.717, 1.165) is 12.8 Å². The van der Waals surface area contributed by atoms with Gasteiger partial charge in [0.25, 0.3) is 5.91 Å². The van der Waals surface area contributed by atoms with E-state index in [1.807, 2.05) is 18.2 Å². The number of anilines is 1. The number of hydrogen-bond donors (Lipinski definition) is 1. The number of carbonyl (C=O) groups is 1. The molecule has 0 heterocycles. The molecule has 2 aromatic carbocycles. The summed E-state index contributed by atoms with van der Waals surface area (Å²) in [4.78, 5) is 13.8. The van der Waals surface area contributed by atoms with Crippen molar-refractivity contribution < 1.29 is 9.18 Å². The summed E-state index contributed by atoms with van der Waals surface area (Å²) >= 11 is 0. The molecule has 0 aliphatic carbocycles. The van der Waals surface area contributed by atoms with Crippen LogP contribution in [0.2, 0.25) is 0 Å². The third-order valence-corrected chi connectivity index (χ3v) is 3.40. The van der Waals surface area contributed by atoms with Crippen molar-refractivity contribution >= 4 is 11.6 Å². The molecule has 1 amide bonds. The molecule has 0 spiro atoms. The maximum atomic E-state index is 13.4. The summed E-state index contributed by atoms with van der Waals surface area (Å²) in [6.45, 7) is 0.625. The van der Waals surface area contributed by atoms with Crippen LogP contribution < -0.4 is 5.73 Å². The Labute approximate surface area is 124 Å². The molecule has 0 saturated heterocycles. The molecule has 0 unspecified atom stereocenters. The number of hydrogen-bond acceptors (Lipinski definition) is 2. The maximum absolute atomic E-state index is 13.4. The molecule has 0 fully saturated rings. The number of benzene rings is 2. The van der Waals surface area contributed by atoms with E-state index in [4.69, 9.17) is 5.73 Å². The zero-order valence-electron chi connectivity index (χ0n) is 12.1. The number of carbonyl (C=O) groups excluding carboxylic acids is 1. The molecule has 2 aromatic rings. The van der Waals surface area contributed by atoms with Crippen molar-refractivity contribution in [3.8, 4) is 0 Å². The van der Waals surface area contributed by atoms with Crippen LogP contribution in [-0.4, -0.2) is 24.4 Å². The highest BCUT2D eigenvalue weighted by atomic mass is 19.1. The van der Waals surface area contributed by atoms with Crippen LogP contribution in [-0.2, 0) is 6.42 Å². The van der Waals surface area contributed by atoms with Gasteiger partial charge in [-0.2, -0.15) is 0 Å². The number of halogens is 1. The molecule has 0 aromatic heterocycles. The van der Waals surface area contributed by atoms with Crippen molar-refractivity contribution in [1.29, 1.82) is 0 Å². The van der Waals surface area contributed by atoms with E-state index in [0.29, 0.717) is 12.1 Å². The molecular formula is C17H19FN2O. The van der Waals surface area contributed by atoms with E-state index in [1.54, 1.807) is 18.0 Å². The average molecular weight is 286 g/mol. The molecule has 0 atom stereocenters. The summed E-state index contributed by atoms with van der Waals surface area (Å²) in [6, 6.07) is 14.3. The Hall–Kier alpha value is -2.36.